The predicted molar refractivity (Wildman–Crippen MR) is 70.0 cm³/mol. The maximum absolute atomic E-state index is 10.8. The minimum absolute atomic E-state index is 0.208. The zero-order valence-electron chi connectivity index (χ0n) is 9.51. The third kappa shape index (κ3) is 3.17. The molecule has 2 N–H and O–H groups in total. The van der Waals surface area contributed by atoms with Crippen molar-refractivity contribution in [2.45, 2.75) is 25.6 Å². The van der Waals surface area contributed by atoms with E-state index in [2.05, 4.69) is 20.9 Å². The standard InChI is InChI=1S/C10H12BrClN2O4/c1-5-6(9(16)7(15)2-3-11)4-13-10(12)8(5)14(17)18/h4,7,9,15-16H,2-3H2,1H3. The number of aromatic nitrogens is 1. The first kappa shape index (κ1) is 15.3. The molecular formula is C10H12BrClN2O4. The quantitative estimate of drug-likeness (QED) is 0.371. The first-order valence-corrected chi connectivity index (χ1v) is 6.61. The highest BCUT2D eigenvalue weighted by atomic mass is 79.9. The maximum Gasteiger partial charge on any atom is 0.309 e. The van der Waals surface area contributed by atoms with Gasteiger partial charge in [-0.2, -0.15) is 0 Å². The van der Waals surface area contributed by atoms with Crippen LogP contribution in [0.2, 0.25) is 5.15 Å². The average Bonchev–Trinajstić information content (AvgIpc) is 2.28. The van der Waals surface area contributed by atoms with Gasteiger partial charge in [0, 0.05) is 22.7 Å². The SMILES string of the molecule is Cc1c(C(O)C(O)CCBr)cnc(Cl)c1[N+](=O)[O-]. The molecule has 0 amide bonds. The fourth-order valence-corrected chi connectivity index (χ4v) is 2.29. The van der Waals surface area contributed by atoms with E-state index in [1.54, 1.807) is 0 Å². The Morgan fingerprint density at radius 1 is 1.61 bits per heavy atom. The molecule has 1 rings (SSSR count). The van der Waals surface area contributed by atoms with E-state index in [-0.39, 0.29) is 22.0 Å². The van der Waals surface area contributed by atoms with Crippen LogP contribution in [-0.4, -0.2) is 31.6 Å². The van der Waals surface area contributed by atoms with Crippen molar-refractivity contribution in [3.63, 3.8) is 0 Å². The van der Waals surface area contributed by atoms with Crippen LogP contribution in [0.25, 0.3) is 0 Å². The van der Waals surface area contributed by atoms with Crippen LogP contribution in [0.15, 0.2) is 6.20 Å². The molecular weight excluding hydrogens is 327 g/mol. The van der Waals surface area contributed by atoms with Crippen LogP contribution in [-0.2, 0) is 0 Å². The highest BCUT2D eigenvalue weighted by Crippen LogP contribution is 2.32. The molecule has 8 heteroatoms. The molecule has 6 nitrogen and oxygen atoms in total. The number of hydrogen-bond donors (Lipinski definition) is 2. The van der Waals surface area contributed by atoms with Gasteiger partial charge in [-0.05, 0) is 13.3 Å². The summed E-state index contributed by atoms with van der Waals surface area (Å²) in [4.78, 5) is 13.9. The van der Waals surface area contributed by atoms with Gasteiger partial charge in [0.15, 0.2) is 0 Å². The topological polar surface area (TPSA) is 96.5 Å². The van der Waals surface area contributed by atoms with E-state index in [0.29, 0.717) is 11.8 Å². The van der Waals surface area contributed by atoms with E-state index < -0.39 is 17.1 Å². The van der Waals surface area contributed by atoms with Crippen LogP contribution in [0.5, 0.6) is 0 Å². The number of halogens is 2. The van der Waals surface area contributed by atoms with Crippen LogP contribution in [0.1, 0.15) is 23.7 Å². The summed E-state index contributed by atoms with van der Waals surface area (Å²) < 4.78 is 0. The number of alkyl halides is 1. The minimum atomic E-state index is -1.23. The van der Waals surface area contributed by atoms with E-state index in [9.17, 15) is 20.3 Å². The smallest absolute Gasteiger partial charge is 0.309 e. The normalized spacial score (nSPS) is 14.3. The summed E-state index contributed by atoms with van der Waals surface area (Å²) in [5, 5.41) is 30.7. The number of rotatable bonds is 5. The van der Waals surface area contributed by atoms with Crippen molar-refractivity contribution in [2.24, 2.45) is 0 Å². The van der Waals surface area contributed by atoms with Crippen molar-refractivity contribution in [3.8, 4) is 0 Å². The molecule has 0 aliphatic carbocycles. The Bertz CT molecular complexity index is 458. The Balaban J connectivity index is 3.18. The summed E-state index contributed by atoms with van der Waals surface area (Å²) in [7, 11) is 0. The first-order valence-electron chi connectivity index (χ1n) is 5.11. The molecule has 0 radical (unpaired) electrons. The van der Waals surface area contributed by atoms with Crippen molar-refractivity contribution < 1.29 is 15.1 Å². The maximum atomic E-state index is 10.8. The molecule has 2 unspecified atom stereocenters. The molecule has 0 aromatic carbocycles. The number of hydrogen-bond acceptors (Lipinski definition) is 5. The van der Waals surface area contributed by atoms with Crippen molar-refractivity contribution >= 4 is 33.2 Å². The lowest BCUT2D eigenvalue weighted by atomic mass is 9.99. The highest BCUT2D eigenvalue weighted by molar-refractivity contribution is 9.09. The molecule has 0 saturated heterocycles. The second-order valence-corrected chi connectivity index (χ2v) is 4.88. The van der Waals surface area contributed by atoms with Gasteiger partial charge >= 0.3 is 5.69 Å². The molecule has 0 fully saturated rings. The fourth-order valence-electron chi connectivity index (χ4n) is 1.56. The van der Waals surface area contributed by atoms with Gasteiger partial charge in [0.25, 0.3) is 0 Å². The van der Waals surface area contributed by atoms with Crippen LogP contribution in [0, 0.1) is 17.0 Å². The van der Waals surface area contributed by atoms with E-state index in [1.165, 1.54) is 13.1 Å². The van der Waals surface area contributed by atoms with E-state index in [1.807, 2.05) is 0 Å². The van der Waals surface area contributed by atoms with E-state index in [0.717, 1.165) is 0 Å². The fraction of sp³-hybridized carbons (Fsp3) is 0.500. The zero-order chi connectivity index (χ0) is 13.9. The van der Waals surface area contributed by atoms with Gasteiger partial charge in [0.1, 0.15) is 6.10 Å². The Morgan fingerprint density at radius 3 is 2.72 bits per heavy atom. The summed E-state index contributed by atoms with van der Waals surface area (Å²) in [5.41, 5.74) is 0.0694. The Kier molecular flexibility index (Phi) is 5.46. The molecule has 100 valence electrons. The molecule has 0 bridgehead atoms. The third-order valence-corrected chi connectivity index (χ3v) is 3.31. The van der Waals surface area contributed by atoms with Gasteiger partial charge in [-0.15, -0.1) is 0 Å². The number of nitro groups is 1. The number of nitrogens with zero attached hydrogens (tertiary/aromatic N) is 2. The molecule has 0 spiro atoms. The Hall–Kier alpha value is -0.760. The lowest BCUT2D eigenvalue weighted by molar-refractivity contribution is -0.385. The molecule has 1 aromatic rings. The van der Waals surface area contributed by atoms with Crippen LogP contribution in [0.3, 0.4) is 0 Å². The van der Waals surface area contributed by atoms with Gasteiger partial charge < -0.3 is 10.2 Å². The van der Waals surface area contributed by atoms with Crippen LogP contribution in [0.4, 0.5) is 5.69 Å². The summed E-state index contributed by atoms with van der Waals surface area (Å²) in [6, 6.07) is 0. The molecule has 0 aliphatic heterocycles. The minimum Gasteiger partial charge on any atom is -0.390 e. The monoisotopic (exact) mass is 338 g/mol. The number of aliphatic hydroxyl groups excluding tert-OH is 2. The number of pyridine rings is 1. The Morgan fingerprint density at radius 2 is 2.22 bits per heavy atom. The van der Waals surface area contributed by atoms with Crippen LogP contribution >= 0.6 is 27.5 Å². The average molecular weight is 340 g/mol. The lowest BCUT2D eigenvalue weighted by Crippen LogP contribution is -2.20. The largest absolute Gasteiger partial charge is 0.390 e. The molecule has 18 heavy (non-hydrogen) atoms. The molecule has 1 heterocycles. The van der Waals surface area contributed by atoms with Crippen molar-refractivity contribution in [1.29, 1.82) is 0 Å². The van der Waals surface area contributed by atoms with E-state index in [4.69, 9.17) is 11.6 Å². The Labute approximate surface area is 117 Å². The van der Waals surface area contributed by atoms with Crippen LogP contribution < -0.4 is 0 Å². The van der Waals surface area contributed by atoms with Gasteiger partial charge in [0.2, 0.25) is 5.15 Å². The second kappa shape index (κ2) is 6.42. The molecule has 0 saturated carbocycles. The zero-order valence-corrected chi connectivity index (χ0v) is 11.8. The number of aliphatic hydroxyl groups is 2. The van der Waals surface area contributed by atoms with Crippen molar-refractivity contribution in [3.05, 3.63) is 32.6 Å². The van der Waals surface area contributed by atoms with E-state index >= 15 is 0 Å². The van der Waals surface area contributed by atoms with Crippen molar-refractivity contribution in [2.75, 3.05) is 5.33 Å². The second-order valence-electron chi connectivity index (χ2n) is 3.72. The third-order valence-electron chi connectivity index (χ3n) is 2.57. The summed E-state index contributed by atoms with van der Waals surface area (Å²) in [5.74, 6) is 0. The lowest BCUT2D eigenvalue weighted by Gasteiger charge is -2.18. The summed E-state index contributed by atoms with van der Waals surface area (Å²) in [6.45, 7) is 1.46. The summed E-state index contributed by atoms with van der Waals surface area (Å²) in [6.07, 6.45) is -0.694. The van der Waals surface area contributed by atoms with Gasteiger partial charge in [-0.3, -0.25) is 10.1 Å². The molecule has 0 aliphatic rings. The highest BCUT2D eigenvalue weighted by Gasteiger charge is 2.26. The molecule has 1 aromatic heterocycles. The van der Waals surface area contributed by atoms with Gasteiger partial charge in [0.05, 0.1) is 11.0 Å². The predicted octanol–water partition coefficient (Wildman–Crippen LogP) is 2.13. The van der Waals surface area contributed by atoms with Gasteiger partial charge in [-0.25, -0.2) is 4.98 Å². The summed E-state index contributed by atoms with van der Waals surface area (Å²) >= 11 is 8.78. The van der Waals surface area contributed by atoms with Crippen molar-refractivity contribution in [1.82, 2.24) is 4.98 Å². The van der Waals surface area contributed by atoms with Gasteiger partial charge in [-0.1, -0.05) is 27.5 Å². The molecule has 2 atom stereocenters. The first-order chi connectivity index (χ1) is 8.40.